The molecule has 0 radical (unpaired) electrons. The first kappa shape index (κ1) is 18.3. The van der Waals surface area contributed by atoms with Gasteiger partial charge >= 0.3 is 5.97 Å². The quantitative estimate of drug-likeness (QED) is 0.514. The number of fused-ring (bicyclic) bond motifs is 3. The van der Waals surface area contributed by atoms with Crippen LogP contribution in [0.3, 0.4) is 0 Å². The smallest absolute Gasteiger partial charge is 0.333 e. The van der Waals surface area contributed by atoms with Crippen molar-refractivity contribution < 1.29 is 9.53 Å². The second-order valence-corrected chi connectivity index (χ2v) is 8.22. The second kappa shape index (κ2) is 5.78. The molecule has 0 N–H and O–H groups in total. The fourth-order valence-corrected chi connectivity index (χ4v) is 5.02. The number of hydrogen-bond acceptors (Lipinski definition) is 2. The van der Waals surface area contributed by atoms with E-state index in [0.717, 1.165) is 0 Å². The van der Waals surface area contributed by atoms with E-state index in [4.69, 9.17) is 4.74 Å². The highest BCUT2D eigenvalue weighted by Crippen LogP contribution is 2.67. The first-order valence-electron chi connectivity index (χ1n) is 7.97. The fraction of sp³-hybridized carbons (Fsp3) is 0.842. The predicted molar refractivity (Wildman–Crippen MR) is 89.1 cm³/mol. The summed E-state index contributed by atoms with van der Waals surface area (Å²) >= 11 is 0. The van der Waals surface area contributed by atoms with Crippen molar-refractivity contribution in [1.29, 1.82) is 0 Å². The van der Waals surface area contributed by atoms with Crippen LogP contribution in [0.15, 0.2) is 12.2 Å². The number of rotatable bonds is 4. The van der Waals surface area contributed by atoms with E-state index in [0.29, 0.717) is 28.9 Å². The van der Waals surface area contributed by atoms with Gasteiger partial charge in [-0.05, 0) is 55.8 Å². The summed E-state index contributed by atoms with van der Waals surface area (Å²) in [5, 5.41) is 0. The zero-order valence-corrected chi connectivity index (χ0v) is 13.8. The number of esters is 1. The predicted octanol–water partition coefficient (Wildman–Crippen LogP) is 5.37. The molecule has 3 aliphatic carbocycles. The van der Waals surface area contributed by atoms with Gasteiger partial charge in [0, 0.05) is 11.0 Å². The van der Waals surface area contributed by atoms with Gasteiger partial charge < -0.3 is 4.74 Å². The average Bonchev–Trinajstić information content (AvgIpc) is 2.35. The summed E-state index contributed by atoms with van der Waals surface area (Å²) in [5.74, 6) is 0.401. The van der Waals surface area contributed by atoms with Gasteiger partial charge in [-0.15, -0.1) is 0 Å². The first-order chi connectivity index (χ1) is 9.14. The molecule has 2 nitrogen and oxygen atoms in total. The van der Waals surface area contributed by atoms with Crippen LogP contribution in [0.4, 0.5) is 0 Å². The summed E-state index contributed by atoms with van der Waals surface area (Å²) in [7, 11) is 0. The Labute approximate surface area is 131 Å². The van der Waals surface area contributed by atoms with E-state index in [1.54, 1.807) is 6.92 Å². The fourth-order valence-electron chi connectivity index (χ4n) is 5.02. The van der Waals surface area contributed by atoms with E-state index in [2.05, 4.69) is 34.3 Å². The van der Waals surface area contributed by atoms with Gasteiger partial charge in [0.1, 0.15) is 0 Å². The lowest BCUT2D eigenvalue weighted by Gasteiger charge is -2.64. The average molecular weight is 294 g/mol. The van der Waals surface area contributed by atoms with Crippen molar-refractivity contribution in [3.05, 3.63) is 12.2 Å². The Morgan fingerprint density at radius 3 is 2.14 bits per heavy atom. The third-order valence-electron chi connectivity index (χ3n) is 6.34. The highest BCUT2D eigenvalue weighted by Gasteiger charge is 2.60. The Morgan fingerprint density at radius 1 is 1.19 bits per heavy atom. The molecule has 3 saturated carbocycles. The summed E-state index contributed by atoms with van der Waals surface area (Å²) in [6.45, 7) is 15.4. The lowest BCUT2D eigenvalue weighted by Crippen LogP contribution is -2.57. The van der Waals surface area contributed by atoms with Gasteiger partial charge in [-0.2, -0.15) is 0 Å². The van der Waals surface area contributed by atoms with E-state index >= 15 is 0 Å². The largest absolute Gasteiger partial charge is 0.462 e. The van der Waals surface area contributed by atoms with Gasteiger partial charge in [-0.3, -0.25) is 0 Å². The zero-order chi connectivity index (χ0) is 15.2. The van der Waals surface area contributed by atoms with Crippen LogP contribution in [0.2, 0.25) is 0 Å². The molecule has 0 spiro atoms. The van der Waals surface area contributed by atoms with Gasteiger partial charge in [-0.1, -0.05) is 41.7 Å². The molecule has 0 aromatic rings. The third-order valence-corrected chi connectivity index (χ3v) is 6.34. The van der Waals surface area contributed by atoms with Crippen molar-refractivity contribution in [2.45, 2.75) is 74.1 Å². The van der Waals surface area contributed by atoms with Crippen LogP contribution < -0.4 is 0 Å². The van der Waals surface area contributed by atoms with Crippen molar-refractivity contribution in [3.8, 4) is 0 Å². The molecule has 3 fully saturated rings. The summed E-state index contributed by atoms with van der Waals surface area (Å²) < 4.78 is 5.58. The molecule has 3 aliphatic rings. The molecule has 0 aliphatic heterocycles. The second-order valence-electron chi connectivity index (χ2n) is 8.22. The molecule has 1 atom stereocenters. The van der Waals surface area contributed by atoms with Gasteiger partial charge in [0.05, 0.1) is 6.61 Å². The van der Waals surface area contributed by atoms with Crippen LogP contribution in [0.25, 0.3) is 0 Å². The molecule has 3 rings (SSSR count). The van der Waals surface area contributed by atoms with Crippen molar-refractivity contribution >= 4 is 5.97 Å². The Morgan fingerprint density at radius 2 is 1.71 bits per heavy atom. The molecule has 21 heavy (non-hydrogen) atoms. The monoisotopic (exact) mass is 294 g/mol. The molecule has 0 amide bonds. The Balaban J connectivity index is 0.00000220. The van der Waals surface area contributed by atoms with E-state index in [1.807, 2.05) is 0 Å². The van der Waals surface area contributed by atoms with Crippen LogP contribution in [-0.4, -0.2) is 12.6 Å². The minimum absolute atomic E-state index is 0. The molecule has 2 heteroatoms. The molecule has 0 aromatic heterocycles. The maximum atomic E-state index is 11.8. The topological polar surface area (TPSA) is 26.3 Å². The van der Waals surface area contributed by atoms with E-state index in [-0.39, 0.29) is 18.8 Å². The maximum absolute atomic E-state index is 11.8. The van der Waals surface area contributed by atoms with Crippen LogP contribution in [0.1, 0.15) is 74.1 Å². The highest BCUT2D eigenvalue weighted by atomic mass is 16.5. The Kier molecular flexibility index (Phi) is 5.02. The lowest BCUT2D eigenvalue weighted by atomic mass is 9.41. The molecule has 0 heterocycles. The number of carbonyl (C=O) groups excluding carboxylic acids is 1. The Hall–Kier alpha value is -0.790. The minimum atomic E-state index is -0.239. The molecular formula is C19H34O2. The number of hydrogen-bond donors (Lipinski definition) is 0. The lowest BCUT2D eigenvalue weighted by molar-refractivity contribution is -0.179. The van der Waals surface area contributed by atoms with E-state index in [1.165, 1.54) is 32.1 Å². The summed E-state index contributed by atoms with van der Waals surface area (Å²) in [4.78, 5) is 11.8. The van der Waals surface area contributed by atoms with Gasteiger partial charge in [0.2, 0.25) is 0 Å². The molecule has 2 bridgehead atoms. The normalized spacial score (nSPS) is 38.0. The molecule has 0 saturated heterocycles. The van der Waals surface area contributed by atoms with Crippen LogP contribution in [0, 0.1) is 22.2 Å². The zero-order valence-electron chi connectivity index (χ0n) is 13.8. The van der Waals surface area contributed by atoms with Gasteiger partial charge in [0.15, 0.2) is 0 Å². The molecule has 122 valence electrons. The van der Waals surface area contributed by atoms with Crippen LogP contribution in [-0.2, 0) is 9.53 Å². The van der Waals surface area contributed by atoms with E-state index in [9.17, 15) is 4.79 Å². The maximum Gasteiger partial charge on any atom is 0.333 e. The minimum Gasteiger partial charge on any atom is -0.462 e. The third kappa shape index (κ3) is 2.91. The van der Waals surface area contributed by atoms with Crippen LogP contribution in [0.5, 0.6) is 0 Å². The number of ether oxygens (including phenoxy) is 1. The highest BCUT2D eigenvalue weighted by molar-refractivity contribution is 5.86. The Bertz CT molecular complexity index is 413. The summed E-state index contributed by atoms with van der Waals surface area (Å²) in [6, 6.07) is 0. The van der Waals surface area contributed by atoms with Crippen molar-refractivity contribution in [2.24, 2.45) is 22.2 Å². The molecule has 1 unspecified atom stereocenters. The summed E-state index contributed by atoms with van der Waals surface area (Å²) in [5.41, 5.74) is 1.39. The van der Waals surface area contributed by atoms with E-state index < -0.39 is 0 Å². The van der Waals surface area contributed by atoms with Crippen LogP contribution >= 0.6 is 0 Å². The first-order valence-corrected chi connectivity index (χ1v) is 7.97. The molecule has 0 aromatic carbocycles. The van der Waals surface area contributed by atoms with Crippen molar-refractivity contribution in [2.75, 3.05) is 6.61 Å². The standard InChI is InChI=1S/C18H30O2.CH4/c1-13(2)15(19)20-12-17(6)11-16(5)7-9-18(17,10-8-16)14(3)4;/h14H,1,7-12H2,2-6H3;1H4. The van der Waals surface area contributed by atoms with Gasteiger partial charge in [0.25, 0.3) is 0 Å². The summed E-state index contributed by atoms with van der Waals surface area (Å²) in [6.07, 6.45) is 6.40. The van der Waals surface area contributed by atoms with Crippen molar-refractivity contribution in [1.82, 2.24) is 0 Å². The number of carbonyl (C=O) groups is 1. The van der Waals surface area contributed by atoms with Gasteiger partial charge in [-0.25, -0.2) is 4.79 Å². The SMILES string of the molecule is C.C=C(C)C(=O)OCC1(C)CC2(C)CCC1(C(C)C)CC2. The van der Waals surface area contributed by atoms with Crippen molar-refractivity contribution in [3.63, 3.8) is 0 Å². The molecular weight excluding hydrogens is 260 g/mol.